The van der Waals surface area contributed by atoms with Crippen LogP contribution in [-0.2, 0) is 9.59 Å². The molecule has 6 nitrogen and oxygen atoms in total. The highest BCUT2D eigenvalue weighted by atomic mass is 19.1. The van der Waals surface area contributed by atoms with Gasteiger partial charge >= 0.3 is 0 Å². The van der Waals surface area contributed by atoms with Crippen LogP contribution in [0.25, 0.3) is 0 Å². The number of quaternary nitrogens is 1. The van der Waals surface area contributed by atoms with Crippen molar-refractivity contribution < 1.29 is 28.1 Å². The monoisotopic (exact) mass is 415 g/mol. The number of hydrogen-bond donors (Lipinski definition) is 1. The zero-order valence-corrected chi connectivity index (χ0v) is 17.6. The molecule has 30 heavy (non-hydrogen) atoms. The topological polar surface area (TPSA) is 72.0 Å². The number of ketones is 2. The van der Waals surface area contributed by atoms with E-state index < -0.39 is 35.3 Å². The maximum atomic E-state index is 14.7. The molecule has 1 aliphatic heterocycles. The van der Waals surface area contributed by atoms with Crippen LogP contribution in [0, 0.1) is 18.7 Å². The van der Waals surface area contributed by atoms with Gasteiger partial charge in [0.25, 0.3) is 5.91 Å². The summed E-state index contributed by atoms with van der Waals surface area (Å²) in [6.07, 6.45) is 0.655. The van der Waals surface area contributed by atoms with Gasteiger partial charge in [0.2, 0.25) is 11.6 Å². The maximum absolute atomic E-state index is 14.7. The summed E-state index contributed by atoms with van der Waals surface area (Å²) in [6, 6.07) is 8.12. The average molecular weight is 415 g/mol. The predicted molar refractivity (Wildman–Crippen MR) is 109 cm³/mol. The molecule has 2 aromatic rings. The van der Waals surface area contributed by atoms with Gasteiger partial charge in [-0.3, -0.25) is 14.4 Å². The Labute approximate surface area is 175 Å². The number of Topliss-reactive ketones (excluding diaryl/α,β-unsaturated/α-hetero) is 2. The van der Waals surface area contributed by atoms with Gasteiger partial charge in [-0.25, -0.2) is 4.39 Å². The molecule has 0 radical (unpaired) electrons. The molecule has 1 amide bonds. The normalized spacial score (nSPS) is 19.2. The molecule has 0 aliphatic carbocycles. The van der Waals surface area contributed by atoms with Crippen molar-refractivity contribution in [2.24, 2.45) is 5.92 Å². The lowest BCUT2D eigenvalue weighted by Gasteiger charge is -2.27. The van der Waals surface area contributed by atoms with E-state index in [1.165, 1.54) is 34.1 Å². The van der Waals surface area contributed by atoms with E-state index in [1.54, 1.807) is 19.1 Å². The Hall–Kier alpha value is -2.80. The Morgan fingerprint density at radius 3 is 2.43 bits per heavy atom. The second-order valence-electron chi connectivity index (χ2n) is 7.64. The first-order valence-corrected chi connectivity index (χ1v) is 10.4. The second kappa shape index (κ2) is 9.34. The van der Waals surface area contributed by atoms with Crippen molar-refractivity contribution in [3.8, 4) is 0 Å². The van der Waals surface area contributed by atoms with Crippen molar-refractivity contribution in [1.29, 1.82) is 0 Å². The number of carbonyl (C=O) groups is 3. The van der Waals surface area contributed by atoms with E-state index >= 15 is 0 Å². The molecule has 1 N–H and O–H groups in total. The summed E-state index contributed by atoms with van der Waals surface area (Å²) >= 11 is 0. The Morgan fingerprint density at radius 1 is 1.13 bits per heavy atom. The summed E-state index contributed by atoms with van der Waals surface area (Å²) in [5, 5.41) is 0. The highest BCUT2D eigenvalue weighted by Gasteiger charge is 2.52. The lowest BCUT2D eigenvalue weighted by Crippen LogP contribution is -3.11. The van der Waals surface area contributed by atoms with Crippen molar-refractivity contribution >= 4 is 17.5 Å². The van der Waals surface area contributed by atoms with Gasteiger partial charge in [-0.05, 0) is 39.0 Å². The molecule has 1 aliphatic rings. The lowest BCUT2D eigenvalue weighted by molar-refractivity contribution is -0.896. The van der Waals surface area contributed by atoms with Crippen LogP contribution in [-0.4, -0.2) is 48.6 Å². The highest BCUT2D eigenvalue weighted by Crippen LogP contribution is 2.39. The molecule has 0 spiro atoms. The number of aryl methyl sites for hydroxylation is 1. The predicted octanol–water partition coefficient (Wildman–Crippen LogP) is 1.99. The molecular formula is C23H28FN2O4+. The zero-order valence-electron chi connectivity index (χ0n) is 17.6. The molecule has 1 aromatic carbocycles. The molecule has 1 aromatic heterocycles. The largest absolute Gasteiger partial charge is 0.458 e. The first-order chi connectivity index (χ1) is 14.4. The lowest BCUT2D eigenvalue weighted by atomic mass is 9.88. The first kappa shape index (κ1) is 21.9. The molecule has 2 atom stereocenters. The van der Waals surface area contributed by atoms with Crippen LogP contribution in [0.15, 0.2) is 40.8 Å². The zero-order chi connectivity index (χ0) is 21.8. The van der Waals surface area contributed by atoms with Crippen molar-refractivity contribution in [3.63, 3.8) is 0 Å². The standard InChI is InChI=1S/C23H27FN2O4/c1-4-25(5-2)13-8-14-26-20(16-9-6-7-10-17(16)24)19(22(28)23(26)29)21(27)18-12-11-15(3)30-18/h6-7,9-12,19-20H,4-5,8,13-14H2,1-3H3/p+1. The molecular weight excluding hydrogens is 387 g/mol. The average Bonchev–Trinajstić information content (AvgIpc) is 3.28. The fraction of sp³-hybridized carbons (Fsp3) is 0.435. The summed E-state index contributed by atoms with van der Waals surface area (Å²) in [5.41, 5.74) is 0.175. The van der Waals surface area contributed by atoms with Gasteiger partial charge in [0.15, 0.2) is 5.76 Å². The van der Waals surface area contributed by atoms with Gasteiger partial charge in [0.1, 0.15) is 17.5 Å². The van der Waals surface area contributed by atoms with Crippen molar-refractivity contribution in [2.75, 3.05) is 26.2 Å². The molecule has 1 fully saturated rings. The van der Waals surface area contributed by atoms with Gasteiger partial charge in [0, 0.05) is 18.5 Å². The fourth-order valence-corrected chi connectivity index (χ4v) is 4.11. The minimum absolute atomic E-state index is 0.00873. The Balaban J connectivity index is 1.95. The van der Waals surface area contributed by atoms with Crippen LogP contribution < -0.4 is 4.90 Å². The van der Waals surface area contributed by atoms with Crippen molar-refractivity contribution in [3.05, 3.63) is 59.3 Å². The summed E-state index contributed by atoms with van der Waals surface area (Å²) < 4.78 is 20.1. The molecule has 160 valence electrons. The highest BCUT2D eigenvalue weighted by molar-refractivity contribution is 6.43. The van der Waals surface area contributed by atoms with Crippen LogP contribution in [0.2, 0.25) is 0 Å². The number of amides is 1. The number of hydrogen-bond acceptors (Lipinski definition) is 4. The molecule has 0 bridgehead atoms. The molecule has 1 saturated heterocycles. The molecule has 2 heterocycles. The van der Waals surface area contributed by atoms with E-state index in [2.05, 4.69) is 13.8 Å². The summed E-state index contributed by atoms with van der Waals surface area (Å²) in [7, 11) is 0. The summed E-state index contributed by atoms with van der Waals surface area (Å²) in [4.78, 5) is 41.5. The number of halogens is 1. The van der Waals surface area contributed by atoms with Gasteiger partial charge in [-0.15, -0.1) is 0 Å². The van der Waals surface area contributed by atoms with Crippen LogP contribution in [0.3, 0.4) is 0 Å². The quantitative estimate of drug-likeness (QED) is 0.386. The number of nitrogens with one attached hydrogen (secondary N) is 1. The van der Waals surface area contributed by atoms with E-state index in [0.29, 0.717) is 12.2 Å². The maximum Gasteiger partial charge on any atom is 0.291 e. The fourth-order valence-electron chi connectivity index (χ4n) is 4.11. The van der Waals surface area contributed by atoms with Gasteiger partial charge in [0.05, 0.1) is 25.7 Å². The van der Waals surface area contributed by atoms with Gasteiger partial charge < -0.3 is 14.2 Å². The van der Waals surface area contributed by atoms with E-state index in [-0.39, 0.29) is 17.9 Å². The number of likely N-dealkylation sites (tertiary alicyclic amines) is 1. The molecule has 7 heteroatoms. The number of nitrogens with zero attached hydrogens (tertiary/aromatic N) is 1. The van der Waals surface area contributed by atoms with Crippen LogP contribution in [0.1, 0.15) is 48.2 Å². The number of furan rings is 1. The Morgan fingerprint density at radius 2 is 1.83 bits per heavy atom. The van der Waals surface area contributed by atoms with Gasteiger partial charge in [-0.1, -0.05) is 18.2 Å². The Kier molecular flexibility index (Phi) is 6.82. The number of benzene rings is 1. The van der Waals surface area contributed by atoms with Crippen molar-refractivity contribution in [2.45, 2.75) is 33.2 Å². The summed E-state index contributed by atoms with van der Waals surface area (Å²) in [5.74, 6) is -3.46. The molecule has 0 saturated carbocycles. The Bertz CT molecular complexity index is 935. The van der Waals surface area contributed by atoms with Crippen LogP contribution in [0.4, 0.5) is 4.39 Å². The van der Waals surface area contributed by atoms with Crippen molar-refractivity contribution in [1.82, 2.24) is 4.90 Å². The SMILES string of the molecule is CC[NH+](CC)CCCN1C(=O)C(=O)C(C(=O)c2ccc(C)o2)C1c1ccccc1F. The van der Waals surface area contributed by atoms with E-state index in [9.17, 15) is 18.8 Å². The molecule has 3 rings (SSSR count). The second-order valence-corrected chi connectivity index (χ2v) is 7.64. The van der Waals surface area contributed by atoms with Crippen LogP contribution >= 0.6 is 0 Å². The minimum atomic E-state index is -1.32. The van der Waals surface area contributed by atoms with Gasteiger partial charge in [-0.2, -0.15) is 0 Å². The minimum Gasteiger partial charge on any atom is -0.458 e. The summed E-state index contributed by atoms with van der Waals surface area (Å²) in [6.45, 7) is 8.89. The number of rotatable bonds is 9. The third kappa shape index (κ3) is 4.21. The van der Waals surface area contributed by atoms with E-state index in [4.69, 9.17) is 4.42 Å². The number of carbonyl (C=O) groups excluding carboxylic acids is 3. The first-order valence-electron chi connectivity index (χ1n) is 10.4. The third-order valence-corrected chi connectivity index (χ3v) is 5.82. The van der Waals surface area contributed by atoms with E-state index in [0.717, 1.165) is 19.6 Å². The smallest absolute Gasteiger partial charge is 0.291 e. The van der Waals surface area contributed by atoms with E-state index in [1.807, 2.05) is 0 Å². The molecule has 2 unspecified atom stereocenters. The van der Waals surface area contributed by atoms with Crippen LogP contribution in [0.5, 0.6) is 0 Å². The third-order valence-electron chi connectivity index (χ3n) is 5.82.